The summed E-state index contributed by atoms with van der Waals surface area (Å²) in [6.07, 6.45) is 0.445. The van der Waals surface area contributed by atoms with Gasteiger partial charge in [-0.3, -0.25) is 4.79 Å². The number of rotatable bonds is 6. The summed E-state index contributed by atoms with van der Waals surface area (Å²) in [5.74, 6) is 1.29. The van der Waals surface area contributed by atoms with Crippen LogP contribution in [0.15, 0.2) is 18.2 Å². The minimum absolute atomic E-state index is 0.00821. The first-order valence-electron chi connectivity index (χ1n) is 6.77. The molecule has 0 spiro atoms. The van der Waals surface area contributed by atoms with Crippen LogP contribution in [0.1, 0.15) is 6.42 Å². The summed E-state index contributed by atoms with van der Waals surface area (Å²) >= 11 is 0. The van der Waals surface area contributed by atoms with Crippen molar-refractivity contribution in [2.75, 3.05) is 32.3 Å². The second-order valence-electron chi connectivity index (χ2n) is 5.00. The van der Waals surface area contributed by atoms with Crippen molar-refractivity contribution >= 4 is 15.7 Å². The molecule has 122 valence electrons. The number of hydrogen-bond acceptors (Lipinski definition) is 6. The summed E-state index contributed by atoms with van der Waals surface area (Å²) in [4.78, 5) is 11.8. The highest BCUT2D eigenvalue weighted by Gasteiger charge is 2.28. The maximum atomic E-state index is 11.8. The molecule has 0 aliphatic carbocycles. The van der Waals surface area contributed by atoms with Crippen molar-refractivity contribution in [1.29, 1.82) is 0 Å². The van der Waals surface area contributed by atoms with Crippen molar-refractivity contribution in [2.45, 2.75) is 12.5 Å². The average molecular weight is 329 g/mol. The van der Waals surface area contributed by atoms with E-state index in [4.69, 9.17) is 14.2 Å². The molecule has 1 heterocycles. The topological polar surface area (TPSA) is 90.9 Å². The SMILES string of the molecule is COc1cc(OC)cc(OCC(=O)N[C@@H]2CCS(=O)(=O)C2)c1. The second kappa shape index (κ2) is 6.87. The zero-order chi connectivity index (χ0) is 16.2. The highest BCUT2D eigenvalue weighted by atomic mass is 32.2. The van der Waals surface area contributed by atoms with Crippen LogP contribution in [0, 0.1) is 0 Å². The van der Waals surface area contributed by atoms with Crippen LogP contribution < -0.4 is 19.5 Å². The summed E-state index contributed by atoms with van der Waals surface area (Å²) in [7, 11) is 0.0245. The van der Waals surface area contributed by atoms with Gasteiger partial charge >= 0.3 is 0 Å². The van der Waals surface area contributed by atoms with Gasteiger partial charge in [-0.2, -0.15) is 0 Å². The standard InChI is InChI=1S/C14H19NO6S/c1-19-11-5-12(20-2)7-13(6-11)21-8-14(16)15-10-3-4-22(17,18)9-10/h5-7,10H,3-4,8-9H2,1-2H3,(H,15,16)/t10-/m1/s1. The number of carbonyl (C=O) groups is 1. The number of hydrogen-bond donors (Lipinski definition) is 1. The van der Waals surface area contributed by atoms with Gasteiger partial charge in [0.15, 0.2) is 16.4 Å². The average Bonchev–Trinajstić information content (AvgIpc) is 2.83. The maximum absolute atomic E-state index is 11.8. The van der Waals surface area contributed by atoms with Crippen LogP contribution in [0.3, 0.4) is 0 Å². The molecule has 0 radical (unpaired) electrons. The Kier molecular flexibility index (Phi) is 5.12. The highest BCUT2D eigenvalue weighted by molar-refractivity contribution is 7.91. The van der Waals surface area contributed by atoms with Crippen molar-refractivity contribution in [3.05, 3.63) is 18.2 Å². The fraction of sp³-hybridized carbons (Fsp3) is 0.500. The lowest BCUT2D eigenvalue weighted by Crippen LogP contribution is -2.38. The molecule has 1 aliphatic rings. The molecular weight excluding hydrogens is 310 g/mol. The first kappa shape index (κ1) is 16.4. The van der Waals surface area contributed by atoms with Gasteiger partial charge in [-0.15, -0.1) is 0 Å². The fourth-order valence-corrected chi connectivity index (χ4v) is 3.87. The molecule has 0 bridgehead atoms. The van der Waals surface area contributed by atoms with E-state index < -0.39 is 9.84 Å². The van der Waals surface area contributed by atoms with Crippen LogP contribution in [0.5, 0.6) is 17.2 Å². The van der Waals surface area contributed by atoms with Gasteiger partial charge in [0.2, 0.25) is 0 Å². The number of sulfone groups is 1. The minimum Gasteiger partial charge on any atom is -0.496 e. The number of amides is 1. The maximum Gasteiger partial charge on any atom is 0.258 e. The number of benzene rings is 1. The van der Waals surface area contributed by atoms with Gasteiger partial charge in [0.1, 0.15) is 17.2 Å². The first-order valence-corrected chi connectivity index (χ1v) is 8.59. The van der Waals surface area contributed by atoms with E-state index in [1.807, 2.05) is 0 Å². The molecule has 1 aromatic carbocycles. The van der Waals surface area contributed by atoms with Crippen molar-refractivity contribution in [1.82, 2.24) is 5.32 Å². The van der Waals surface area contributed by atoms with E-state index in [0.29, 0.717) is 23.7 Å². The Balaban J connectivity index is 1.88. The van der Waals surface area contributed by atoms with Crippen molar-refractivity contribution in [3.63, 3.8) is 0 Å². The number of carbonyl (C=O) groups excluding carboxylic acids is 1. The molecule has 0 unspecified atom stereocenters. The molecule has 0 aromatic heterocycles. The molecule has 1 atom stereocenters. The van der Waals surface area contributed by atoms with E-state index in [1.54, 1.807) is 18.2 Å². The molecule has 1 amide bonds. The summed E-state index contributed by atoms with van der Waals surface area (Å²) in [6, 6.07) is 4.63. The number of ether oxygens (including phenoxy) is 3. The normalized spacial score (nSPS) is 19.5. The Morgan fingerprint density at radius 3 is 2.27 bits per heavy atom. The van der Waals surface area contributed by atoms with Crippen molar-refractivity contribution < 1.29 is 27.4 Å². The Hall–Kier alpha value is -1.96. The molecule has 0 saturated carbocycles. The lowest BCUT2D eigenvalue weighted by atomic mass is 10.2. The zero-order valence-corrected chi connectivity index (χ0v) is 13.3. The van der Waals surface area contributed by atoms with Gasteiger partial charge in [0.25, 0.3) is 5.91 Å². The van der Waals surface area contributed by atoms with Crippen LogP contribution in [0.4, 0.5) is 0 Å². The highest BCUT2D eigenvalue weighted by Crippen LogP contribution is 2.27. The largest absolute Gasteiger partial charge is 0.496 e. The third kappa shape index (κ3) is 4.52. The predicted octanol–water partition coefficient (Wildman–Crippen LogP) is 0.386. The van der Waals surface area contributed by atoms with Crippen molar-refractivity contribution in [2.24, 2.45) is 0 Å². The monoisotopic (exact) mass is 329 g/mol. The smallest absolute Gasteiger partial charge is 0.258 e. The molecule has 1 fully saturated rings. The number of nitrogens with one attached hydrogen (secondary N) is 1. The van der Waals surface area contributed by atoms with Crippen LogP contribution in [-0.4, -0.2) is 52.7 Å². The zero-order valence-electron chi connectivity index (χ0n) is 12.5. The molecule has 1 N–H and O–H groups in total. The van der Waals surface area contributed by atoms with Gasteiger partial charge in [0, 0.05) is 24.2 Å². The van der Waals surface area contributed by atoms with E-state index in [9.17, 15) is 13.2 Å². The molecule has 7 nitrogen and oxygen atoms in total. The van der Waals surface area contributed by atoms with E-state index >= 15 is 0 Å². The first-order chi connectivity index (χ1) is 10.4. The van der Waals surface area contributed by atoms with Crippen LogP contribution >= 0.6 is 0 Å². The van der Waals surface area contributed by atoms with Crippen LogP contribution in [0.2, 0.25) is 0 Å². The Morgan fingerprint density at radius 2 is 1.77 bits per heavy atom. The third-order valence-corrected chi connectivity index (χ3v) is 5.06. The molecule has 1 aromatic rings. The third-order valence-electron chi connectivity index (χ3n) is 3.29. The van der Waals surface area contributed by atoms with E-state index in [1.165, 1.54) is 14.2 Å². The van der Waals surface area contributed by atoms with Gasteiger partial charge in [-0.25, -0.2) is 8.42 Å². The lowest BCUT2D eigenvalue weighted by Gasteiger charge is -2.13. The van der Waals surface area contributed by atoms with Gasteiger partial charge in [-0.05, 0) is 6.42 Å². The Bertz CT molecular complexity index is 620. The fourth-order valence-electron chi connectivity index (χ4n) is 2.19. The molecular formula is C14H19NO6S. The quantitative estimate of drug-likeness (QED) is 0.812. The van der Waals surface area contributed by atoms with Gasteiger partial charge < -0.3 is 19.5 Å². The lowest BCUT2D eigenvalue weighted by molar-refractivity contribution is -0.123. The molecule has 1 aliphatic heterocycles. The van der Waals surface area contributed by atoms with E-state index in [2.05, 4.69) is 5.32 Å². The van der Waals surface area contributed by atoms with E-state index in [-0.39, 0.29) is 30.1 Å². The van der Waals surface area contributed by atoms with Crippen LogP contribution in [0.25, 0.3) is 0 Å². The summed E-state index contributed by atoms with van der Waals surface area (Å²) < 4.78 is 38.3. The molecule has 22 heavy (non-hydrogen) atoms. The summed E-state index contributed by atoms with van der Waals surface area (Å²) in [5.41, 5.74) is 0. The molecule has 2 rings (SSSR count). The molecule has 1 saturated heterocycles. The van der Waals surface area contributed by atoms with E-state index in [0.717, 1.165) is 0 Å². The van der Waals surface area contributed by atoms with Crippen molar-refractivity contribution in [3.8, 4) is 17.2 Å². The van der Waals surface area contributed by atoms with Crippen LogP contribution in [-0.2, 0) is 14.6 Å². The van der Waals surface area contributed by atoms with Gasteiger partial charge in [0.05, 0.1) is 25.7 Å². The minimum atomic E-state index is -3.01. The van der Waals surface area contributed by atoms with Gasteiger partial charge in [-0.1, -0.05) is 0 Å². The number of methoxy groups -OCH3 is 2. The Morgan fingerprint density at radius 1 is 1.18 bits per heavy atom. The predicted molar refractivity (Wildman–Crippen MR) is 80.2 cm³/mol. The Labute approximate surface area is 129 Å². The summed E-state index contributed by atoms with van der Waals surface area (Å²) in [5, 5.41) is 2.66. The summed E-state index contributed by atoms with van der Waals surface area (Å²) in [6.45, 7) is -0.202. The molecule has 8 heteroatoms. The second-order valence-corrected chi connectivity index (χ2v) is 7.23.